The van der Waals surface area contributed by atoms with Crippen LogP contribution in [0.2, 0.25) is 5.02 Å². The Labute approximate surface area is 223 Å². The molecule has 0 saturated carbocycles. The molecular formula is C28H24ClN3S3. The summed E-state index contributed by atoms with van der Waals surface area (Å²) in [6.07, 6.45) is 0.953. The summed E-state index contributed by atoms with van der Waals surface area (Å²) < 4.78 is 0. The van der Waals surface area contributed by atoms with Crippen LogP contribution in [0.4, 0.5) is 5.00 Å². The van der Waals surface area contributed by atoms with Gasteiger partial charge >= 0.3 is 0 Å². The van der Waals surface area contributed by atoms with Crippen LogP contribution in [0.25, 0.3) is 0 Å². The topological polar surface area (TPSA) is 50.4 Å². The summed E-state index contributed by atoms with van der Waals surface area (Å²) in [6.45, 7) is 0. The number of thiophene rings is 1. The van der Waals surface area contributed by atoms with Gasteiger partial charge in [-0.2, -0.15) is 0 Å². The standard InChI is InChI=1S/C28H24ClN3S3/c29-21-14-8-7-13-19(21)16-33-28-31-26(30)23-20-15-22(17-9-3-1-4-10-17)34-24(18-11-5-2-6-12-18)25(20)35-27(23)32-28/h1-14,22,24,28,32H,15-16H2,(H2,30,31). The highest BCUT2D eigenvalue weighted by Gasteiger charge is 2.37. The summed E-state index contributed by atoms with van der Waals surface area (Å²) in [6, 6.07) is 29.6. The molecule has 7 heteroatoms. The molecule has 3 heterocycles. The first-order valence-electron chi connectivity index (χ1n) is 11.5. The minimum absolute atomic E-state index is 0.133. The minimum atomic E-state index is -0.133. The van der Waals surface area contributed by atoms with Crippen LogP contribution in [0.5, 0.6) is 0 Å². The van der Waals surface area contributed by atoms with Crippen molar-refractivity contribution in [1.82, 2.24) is 0 Å². The van der Waals surface area contributed by atoms with Gasteiger partial charge in [-0.15, -0.1) is 34.9 Å². The molecule has 0 saturated heterocycles. The van der Waals surface area contributed by atoms with Crippen molar-refractivity contribution in [3.63, 3.8) is 0 Å². The molecule has 3 aromatic carbocycles. The number of halogens is 1. The summed E-state index contributed by atoms with van der Waals surface area (Å²) in [5, 5.41) is 6.22. The van der Waals surface area contributed by atoms with Crippen LogP contribution < -0.4 is 11.1 Å². The Bertz CT molecular complexity index is 1370. The Kier molecular flexibility index (Phi) is 6.54. The summed E-state index contributed by atoms with van der Waals surface area (Å²) in [5.41, 5.74) is 12.7. The molecule has 3 atom stereocenters. The second-order valence-corrected chi connectivity index (χ2v) is 12.4. The SMILES string of the molecule is NC1=NC(SCc2ccccc2Cl)Nc2sc3c(c21)CC(c1ccccc1)SC3c1ccccc1. The molecule has 0 radical (unpaired) electrons. The lowest BCUT2D eigenvalue weighted by molar-refractivity contribution is 0.884. The summed E-state index contributed by atoms with van der Waals surface area (Å²) in [4.78, 5) is 6.24. The van der Waals surface area contributed by atoms with Gasteiger partial charge < -0.3 is 11.1 Å². The van der Waals surface area contributed by atoms with E-state index in [4.69, 9.17) is 22.3 Å². The first kappa shape index (κ1) is 23.0. The predicted molar refractivity (Wildman–Crippen MR) is 154 cm³/mol. The molecular weight excluding hydrogens is 510 g/mol. The number of amidine groups is 1. The Hall–Kier alpha value is -2.38. The largest absolute Gasteiger partial charge is 0.383 e. The first-order valence-corrected chi connectivity index (χ1v) is 14.7. The maximum absolute atomic E-state index is 6.64. The van der Waals surface area contributed by atoms with E-state index in [0.717, 1.165) is 33.3 Å². The zero-order valence-corrected chi connectivity index (χ0v) is 22.1. The monoisotopic (exact) mass is 533 g/mol. The van der Waals surface area contributed by atoms with E-state index < -0.39 is 0 Å². The third-order valence-corrected chi connectivity index (χ3v) is 10.7. The number of nitrogens with one attached hydrogen (secondary N) is 1. The van der Waals surface area contributed by atoms with Gasteiger partial charge in [0.2, 0.25) is 0 Å². The Balaban J connectivity index is 1.34. The maximum atomic E-state index is 6.64. The molecule has 0 fully saturated rings. The highest BCUT2D eigenvalue weighted by molar-refractivity contribution is 8.00. The number of hydrogen-bond acceptors (Lipinski definition) is 6. The van der Waals surface area contributed by atoms with Crippen LogP contribution in [0.3, 0.4) is 0 Å². The highest BCUT2D eigenvalue weighted by atomic mass is 35.5. The summed E-state index contributed by atoms with van der Waals surface area (Å²) in [7, 11) is 0. The van der Waals surface area contributed by atoms with Crippen LogP contribution in [-0.2, 0) is 12.2 Å². The number of anilines is 1. The number of aliphatic imine (C=N–C) groups is 1. The van der Waals surface area contributed by atoms with Gasteiger partial charge in [-0.25, -0.2) is 4.99 Å². The van der Waals surface area contributed by atoms with Gasteiger partial charge in [-0.1, -0.05) is 90.5 Å². The third kappa shape index (κ3) is 4.60. The number of nitrogens with zero attached hydrogens (tertiary/aromatic N) is 1. The van der Waals surface area contributed by atoms with E-state index in [1.807, 2.05) is 41.3 Å². The quantitative estimate of drug-likeness (QED) is 0.274. The molecule has 35 heavy (non-hydrogen) atoms. The van der Waals surface area contributed by atoms with E-state index in [9.17, 15) is 0 Å². The lowest BCUT2D eigenvalue weighted by Crippen LogP contribution is -2.28. The molecule has 0 aliphatic carbocycles. The van der Waals surface area contributed by atoms with Crippen LogP contribution in [0.15, 0.2) is 89.9 Å². The fraction of sp³-hybridized carbons (Fsp3) is 0.179. The molecule has 0 bridgehead atoms. The summed E-state index contributed by atoms with van der Waals surface area (Å²) >= 11 is 12.0. The van der Waals surface area contributed by atoms with Gasteiger partial charge in [-0.3, -0.25) is 0 Å². The lowest BCUT2D eigenvalue weighted by atomic mass is 9.96. The molecule has 0 spiro atoms. The molecule has 2 aliphatic heterocycles. The zero-order valence-electron chi connectivity index (χ0n) is 18.9. The number of hydrogen-bond donors (Lipinski definition) is 2. The highest BCUT2D eigenvalue weighted by Crippen LogP contribution is 2.56. The van der Waals surface area contributed by atoms with Crippen LogP contribution in [-0.4, -0.2) is 11.3 Å². The van der Waals surface area contributed by atoms with E-state index in [2.05, 4.69) is 72.0 Å². The Morgan fingerprint density at radius 1 is 0.943 bits per heavy atom. The maximum Gasteiger partial charge on any atom is 0.169 e. The Morgan fingerprint density at radius 2 is 1.63 bits per heavy atom. The molecule has 3 N–H and O–H groups in total. The summed E-state index contributed by atoms with van der Waals surface area (Å²) in [5.74, 6) is 1.41. The van der Waals surface area contributed by atoms with Crippen molar-refractivity contribution in [3.8, 4) is 0 Å². The van der Waals surface area contributed by atoms with E-state index in [0.29, 0.717) is 11.1 Å². The van der Waals surface area contributed by atoms with Gasteiger partial charge in [-0.05, 0) is 34.7 Å². The van der Waals surface area contributed by atoms with E-state index >= 15 is 0 Å². The number of rotatable bonds is 5. The number of fused-ring (bicyclic) bond motifs is 3. The second-order valence-electron chi connectivity index (χ2n) is 8.59. The third-order valence-electron chi connectivity index (χ3n) is 6.36. The van der Waals surface area contributed by atoms with Gasteiger partial charge in [0.25, 0.3) is 0 Å². The van der Waals surface area contributed by atoms with Crippen LogP contribution in [0, 0.1) is 0 Å². The number of benzene rings is 3. The van der Waals surface area contributed by atoms with E-state index in [1.165, 1.54) is 21.6 Å². The van der Waals surface area contributed by atoms with Crippen molar-refractivity contribution in [2.24, 2.45) is 10.7 Å². The molecule has 3 nitrogen and oxygen atoms in total. The molecule has 0 amide bonds. The number of thioether (sulfide) groups is 2. The molecule has 176 valence electrons. The second kappa shape index (κ2) is 9.94. The van der Waals surface area contributed by atoms with Gasteiger partial charge in [0.1, 0.15) is 10.8 Å². The van der Waals surface area contributed by atoms with Crippen molar-refractivity contribution >= 4 is 57.3 Å². The average Bonchev–Trinajstić information content (AvgIpc) is 3.27. The van der Waals surface area contributed by atoms with Crippen LogP contribution in [0.1, 0.15) is 43.2 Å². The fourth-order valence-corrected chi connectivity index (χ4v) is 9.05. The lowest BCUT2D eigenvalue weighted by Gasteiger charge is -2.30. The van der Waals surface area contributed by atoms with Crippen LogP contribution >= 0.6 is 46.5 Å². The smallest absolute Gasteiger partial charge is 0.169 e. The van der Waals surface area contributed by atoms with Crippen molar-refractivity contribution in [1.29, 1.82) is 0 Å². The first-order chi connectivity index (χ1) is 17.2. The van der Waals surface area contributed by atoms with Crippen molar-refractivity contribution in [2.45, 2.75) is 28.2 Å². The van der Waals surface area contributed by atoms with Crippen molar-refractivity contribution < 1.29 is 0 Å². The molecule has 1 aromatic heterocycles. The van der Waals surface area contributed by atoms with E-state index in [1.54, 1.807) is 11.8 Å². The molecule has 6 rings (SSSR count). The van der Waals surface area contributed by atoms with Gasteiger partial charge in [0, 0.05) is 20.9 Å². The zero-order chi connectivity index (χ0) is 23.8. The minimum Gasteiger partial charge on any atom is -0.383 e. The van der Waals surface area contributed by atoms with Crippen molar-refractivity contribution in [2.75, 3.05) is 5.32 Å². The van der Waals surface area contributed by atoms with Gasteiger partial charge in [0.05, 0.1) is 10.8 Å². The Morgan fingerprint density at radius 3 is 2.37 bits per heavy atom. The average molecular weight is 534 g/mol. The normalized spacial score (nSPS) is 20.9. The predicted octanol–water partition coefficient (Wildman–Crippen LogP) is 7.87. The molecule has 4 aromatic rings. The molecule has 2 aliphatic rings. The fourth-order valence-electron chi connectivity index (χ4n) is 4.65. The molecule has 3 unspecified atom stereocenters. The van der Waals surface area contributed by atoms with E-state index in [-0.39, 0.29) is 10.7 Å². The number of nitrogens with two attached hydrogens (primary N) is 1. The van der Waals surface area contributed by atoms with Gasteiger partial charge in [0.15, 0.2) is 5.50 Å². The van der Waals surface area contributed by atoms with Crippen molar-refractivity contribution in [3.05, 3.63) is 123 Å².